The Balaban J connectivity index is 2.86. The highest BCUT2D eigenvalue weighted by atomic mass is 16.1. The van der Waals surface area contributed by atoms with Gasteiger partial charge in [0.15, 0.2) is 0 Å². The van der Waals surface area contributed by atoms with E-state index in [1.165, 1.54) is 0 Å². The Kier molecular flexibility index (Phi) is 2.82. The van der Waals surface area contributed by atoms with Gasteiger partial charge in [0, 0.05) is 5.57 Å². The lowest BCUT2D eigenvalue weighted by atomic mass is 10.0. The van der Waals surface area contributed by atoms with Crippen LogP contribution in [0.15, 0.2) is 42.5 Å². The van der Waals surface area contributed by atoms with Crippen LogP contribution < -0.4 is 11.5 Å². The third kappa shape index (κ3) is 2.16. The summed E-state index contributed by atoms with van der Waals surface area (Å²) in [6, 6.07) is 8.74. The highest BCUT2D eigenvalue weighted by Crippen LogP contribution is 2.16. The SMILES string of the molecule is C=C(C(N)=O)C(N)c1ccccc1. The molecule has 0 fully saturated rings. The molecule has 1 aromatic rings. The molecule has 13 heavy (non-hydrogen) atoms. The summed E-state index contributed by atoms with van der Waals surface area (Å²) in [5.74, 6) is -0.559. The van der Waals surface area contributed by atoms with Crippen molar-refractivity contribution in [2.24, 2.45) is 11.5 Å². The van der Waals surface area contributed by atoms with E-state index >= 15 is 0 Å². The normalized spacial score (nSPS) is 12.1. The summed E-state index contributed by atoms with van der Waals surface area (Å²) in [5.41, 5.74) is 11.9. The number of primary amides is 1. The van der Waals surface area contributed by atoms with E-state index in [1.54, 1.807) is 0 Å². The minimum Gasteiger partial charge on any atom is -0.366 e. The molecule has 1 amide bonds. The maximum Gasteiger partial charge on any atom is 0.245 e. The Labute approximate surface area is 77.0 Å². The van der Waals surface area contributed by atoms with Gasteiger partial charge in [-0.1, -0.05) is 36.9 Å². The molecule has 3 nitrogen and oxygen atoms in total. The highest BCUT2D eigenvalue weighted by molar-refractivity contribution is 5.92. The lowest BCUT2D eigenvalue weighted by molar-refractivity contribution is -0.114. The summed E-state index contributed by atoms with van der Waals surface area (Å²) < 4.78 is 0. The van der Waals surface area contributed by atoms with Crippen LogP contribution in [0.25, 0.3) is 0 Å². The number of carbonyl (C=O) groups is 1. The standard InChI is InChI=1S/C10H12N2O/c1-7(10(12)13)9(11)8-5-3-2-4-6-8/h2-6,9H,1,11H2,(H2,12,13). The molecule has 0 spiro atoms. The molecular formula is C10H12N2O. The van der Waals surface area contributed by atoms with E-state index in [0.29, 0.717) is 0 Å². The van der Waals surface area contributed by atoms with E-state index in [2.05, 4.69) is 6.58 Å². The first-order valence-electron chi connectivity index (χ1n) is 3.92. The van der Waals surface area contributed by atoms with Crippen LogP contribution in [-0.2, 0) is 4.79 Å². The van der Waals surface area contributed by atoms with Gasteiger partial charge in [0.1, 0.15) is 0 Å². The second-order valence-corrected chi connectivity index (χ2v) is 2.78. The van der Waals surface area contributed by atoms with Crippen molar-refractivity contribution in [3.05, 3.63) is 48.0 Å². The minimum atomic E-state index is -0.559. The van der Waals surface area contributed by atoms with E-state index in [9.17, 15) is 4.79 Å². The van der Waals surface area contributed by atoms with Crippen LogP contribution in [0.3, 0.4) is 0 Å². The molecule has 1 aromatic carbocycles. The van der Waals surface area contributed by atoms with Crippen LogP contribution in [-0.4, -0.2) is 5.91 Å². The van der Waals surface area contributed by atoms with Crippen LogP contribution in [0.2, 0.25) is 0 Å². The fraction of sp³-hybridized carbons (Fsp3) is 0.100. The van der Waals surface area contributed by atoms with Crippen molar-refractivity contribution in [3.8, 4) is 0 Å². The molecule has 1 unspecified atom stereocenters. The first-order valence-corrected chi connectivity index (χ1v) is 3.92. The molecule has 0 saturated carbocycles. The smallest absolute Gasteiger partial charge is 0.245 e. The average Bonchev–Trinajstić information content (AvgIpc) is 2.17. The van der Waals surface area contributed by atoms with Crippen LogP contribution in [0, 0.1) is 0 Å². The summed E-state index contributed by atoms with van der Waals surface area (Å²) >= 11 is 0. The van der Waals surface area contributed by atoms with E-state index < -0.39 is 11.9 Å². The lowest BCUT2D eigenvalue weighted by Crippen LogP contribution is -2.23. The molecule has 0 heterocycles. The number of hydrogen-bond donors (Lipinski definition) is 2. The predicted molar refractivity (Wildman–Crippen MR) is 51.7 cm³/mol. The van der Waals surface area contributed by atoms with Crippen LogP contribution >= 0.6 is 0 Å². The molecule has 0 bridgehead atoms. The van der Waals surface area contributed by atoms with E-state index in [1.807, 2.05) is 30.3 Å². The van der Waals surface area contributed by atoms with Gasteiger partial charge in [-0.25, -0.2) is 0 Å². The first-order chi connectivity index (χ1) is 6.13. The van der Waals surface area contributed by atoms with Crippen molar-refractivity contribution < 1.29 is 4.79 Å². The molecule has 3 heteroatoms. The Morgan fingerprint density at radius 3 is 2.31 bits per heavy atom. The summed E-state index contributed by atoms with van der Waals surface area (Å²) in [5, 5.41) is 0. The summed E-state index contributed by atoms with van der Waals surface area (Å²) in [4.78, 5) is 10.8. The zero-order chi connectivity index (χ0) is 9.84. The maximum atomic E-state index is 10.8. The fourth-order valence-electron chi connectivity index (χ4n) is 1.01. The second kappa shape index (κ2) is 3.87. The van der Waals surface area contributed by atoms with Gasteiger partial charge in [-0.05, 0) is 5.56 Å². The van der Waals surface area contributed by atoms with E-state index in [4.69, 9.17) is 11.5 Å². The van der Waals surface area contributed by atoms with Gasteiger partial charge < -0.3 is 11.5 Å². The Morgan fingerprint density at radius 2 is 1.85 bits per heavy atom. The Bertz CT molecular complexity index is 319. The van der Waals surface area contributed by atoms with E-state index in [0.717, 1.165) is 5.56 Å². The molecule has 1 rings (SSSR count). The van der Waals surface area contributed by atoms with Gasteiger partial charge in [-0.3, -0.25) is 4.79 Å². The Morgan fingerprint density at radius 1 is 1.31 bits per heavy atom. The lowest BCUT2D eigenvalue weighted by Gasteiger charge is -2.11. The monoisotopic (exact) mass is 176 g/mol. The number of rotatable bonds is 3. The molecule has 0 radical (unpaired) electrons. The summed E-state index contributed by atoms with van der Waals surface area (Å²) in [7, 11) is 0. The van der Waals surface area contributed by atoms with Crippen LogP contribution in [0.4, 0.5) is 0 Å². The zero-order valence-electron chi connectivity index (χ0n) is 7.23. The molecule has 0 saturated heterocycles. The van der Waals surface area contributed by atoms with Crippen molar-refractivity contribution >= 4 is 5.91 Å². The molecule has 68 valence electrons. The van der Waals surface area contributed by atoms with Crippen molar-refractivity contribution in [2.75, 3.05) is 0 Å². The number of nitrogens with two attached hydrogens (primary N) is 2. The number of benzene rings is 1. The third-order valence-electron chi connectivity index (χ3n) is 1.85. The fourth-order valence-corrected chi connectivity index (χ4v) is 1.01. The largest absolute Gasteiger partial charge is 0.366 e. The highest BCUT2D eigenvalue weighted by Gasteiger charge is 2.13. The zero-order valence-corrected chi connectivity index (χ0v) is 7.23. The topological polar surface area (TPSA) is 69.1 Å². The molecule has 0 aliphatic carbocycles. The number of amides is 1. The number of hydrogen-bond acceptors (Lipinski definition) is 2. The first kappa shape index (κ1) is 9.48. The van der Waals surface area contributed by atoms with Crippen molar-refractivity contribution in [2.45, 2.75) is 6.04 Å². The summed E-state index contributed by atoms with van der Waals surface area (Å²) in [6.07, 6.45) is 0. The maximum absolute atomic E-state index is 10.8. The van der Waals surface area contributed by atoms with E-state index in [-0.39, 0.29) is 5.57 Å². The molecule has 0 aromatic heterocycles. The van der Waals surface area contributed by atoms with Crippen LogP contribution in [0.5, 0.6) is 0 Å². The van der Waals surface area contributed by atoms with Gasteiger partial charge in [0.25, 0.3) is 0 Å². The average molecular weight is 176 g/mol. The van der Waals surface area contributed by atoms with Crippen molar-refractivity contribution in [1.29, 1.82) is 0 Å². The molecular weight excluding hydrogens is 164 g/mol. The van der Waals surface area contributed by atoms with Crippen LogP contribution in [0.1, 0.15) is 11.6 Å². The Hall–Kier alpha value is -1.61. The third-order valence-corrected chi connectivity index (χ3v) is 1.85. The number of carbonyl (C=O) groups excluding carboxylic acids is 1. The quantitative estimate of drug-likeness (QED) is 0.666. The molecule has 4 N–H and O–H groups in total. The van der Waals surface area contributed by atoms with Gasteiger partial charge in [-0.2, -0.15) is 0 Å². The van der Waals surface area contributed by atoms with Gasteiger partial charge in [0.2, 0.25) is 5.91 Å². The van der Waals surface area contributed by atoms with Gasteiger partial charge in [0.05, 0.1) is 6.04 Å². The van der Waals surface area contributed by atoms with Gasteiger partial charge >= 0.3 is 0 Å². The summed E-state index contributed by atoms with van der Waals surface area (Å²) in [6.45, 7) is 3.53. The van der Waals surface area contributed by atoms with Crippen molar-refractivity contribution in [1.82, 2.24) is 0 Å². The predicted octanol–water partition coefficient (Wildman–Crippen LogP) is 0.728. The molecule has 0 aliphatic heterocycles. The molecule has 1 atom stereocenters. The van der Waals surface area contributed by atoms with Crippen molar-refractivity contribution in [3.63, 3.8) is 0 Å². The second-order valence-electron chi connectivity index (χ2n) is 2.78. The minimum absolute atomic E-state index is 0.228. The molecule has 0 aliphatic rings. The van der Waals surface area contributed by atoms with Gasteiger partial charge in [-0.15, -0.1) is 0 Å².